The minimum Gasteiger partial charge on any atom is -0.415 e. The first-order valence-corrected chi connectivity index (χ1v) is 7.63. The number of alkyl halides is 2. The number of rotatable bonds is 6. The number of nitrogens with zero attached hydrogens (tertiary/aromatic N) is 4. The van der Waals surface area contributed by atoms with Crippen molar-refractivity contribution in [1.29, 1.82) is 0 Å². The molecule has 0 fully saturated rings. The Morgan fingerprint density at radius 2 is 1.81 bits per heavy atom. The van der Waals surface area contributed by atoms with Crippen molar-refractivity contribution >= 4 is 5.70 Å². The van der Waals surface area contributed by atoms with Gasteiger partial charge < -0.3 is 15.2 Å². The molecule has 0 radical (unpaired) electrons. The lowest BCUT2D eigenvalue weighted by Gasteiger charge is -2.15. The van der Waals surface area contributed by atoms with E-state index in [2.05, 4.69) is 15.2 Å². The van der Waals surface area contributed by atoms with Crippen molar-refractivity contribution in [2.45, 2.75) is 13.0 Å². The molecule has 3 rings (SSSR count). The summed E-state index contributed by atoms with van der Waals surface area (Å²) in [7, 11) is 0. The first-order chi connectivity index (χ1) is 12.5. The molecule has 26 heavy (non-hydrogen) atoms. The normalized spacial score (nSPS) is 11.8. The average Bonchev–Trinajstić information content (AvgIpc) is 3.13. The van der Waals surface area contributed by atoms with Gasteiger partial charge in [-0.2, -0.15) is 8.78 Å². The van der Waals surface area contributed by atoms with Crippen LogP contribution < -0.4 is 11.6 Å². The Morgan fingerprint density at radius 1 is 1.12 bits per heavy atom. The van der Waals surface area contributed by atoms with E-state index in [-0.39, 0.29) is 5.89 Å². The lowest BCUT2D eigenvalue weighted by atomic mass is 10.1. The molecular formula is C17H16F2N6O. The van der Waals surface area contributed by atoms with Gasteiger partial charge in [-0.15, -0.1) is 10.2 Å². The first-order valence-electron chi connectivity index (χ1n) is 7.63. The van der Waals surface area contributed by atoms with Gasteiger partial charge in [0, 0.05) is 29.7 Å². The molecule has 0 aliphatic rings. The Bertz CT molecular complexity index is 880. The summed E-state index contributed by atoms with van der Waals surface area (Å²) in [6, 6.07) is 10.5. The maximum atomic E-state index is 12.5. The molecule has 0 spiro atoms. The number of pyridine rings is 1. The lowest BCUT2D eigenvalue weighted by molar-refractivity contribution is 0.116. The Hall–Kier alpha value is -3.33. The van der Waals surface area contributed by atoms with E-state index >= 15 is 0 Å². The van der Waals surface area contributed by atoms with Gasteiger partial charge >= 0.3 is 6.43 Å². The van der Waals surface area contributed by atoms with Crippen LogP contribution in [0, 0.1) is 0 Å². The smallest absolute Gasteiger partial charge is 0.314 e. The fourth-order valence-corrected chi connectivity index (χ4v) is 2.25. The summed E-state index contributed by atoms with van der Waals surface area (Å²) in [5, 5.41) is 8.36. The lowest BCUT2D eigenvalue weighted by Crippen LogP contribution is -2.25. The highest BCUT2D eigenvalue weighted by atomic mass is 19.3. The van der Waals surface area contributed by atoms with E-state index in [1.165, 1.54) is 5.01 Å². The topological polar surface area (TPSA) is 107 Å². The van der Waals surface area contributed by atoms with Crippen LogP contribution in [-0.2, 0) is 6.54 Å². The molecule has 0 saturated heterocycles. The van der Waals surface area contributed by atoms with E-state index in [4.69, 9.17) is 16.0 Å². The molecule has 0 bridgehead atoms. The molecule has 0 amide bonds. The van der Waals surface area contributed by atoms with Gasteiger partial charge in [-0.1, -0.05) is 12.1 Å². The van der Waals surface area contributed by atoms with Crippen LogP contribution in [0.5, 0.6) is 0 Å². The van der Waals surface area contributed by atoms with Crippen LogP contribution in [-0.4, -0.2) is 20.2 Å². The van der Waals surface area contributed by atoms with Gasteiger partial charge in [0.15, 0.2) is 0 Å². The molecule has 134 valence electrons. The highest BCUT2D eigenvalue weighted by Crippen LogP contribution is 2.23. The summed E-state index contributed by atoms with van der Waals surface area (Å²) in [6.07, 6.45) is 2.12. The molecule has 7 nitrogen and oxygen atoms in total. The van der Waals surface area contributed by atoms with E-state index in [1.807, 2.05) is 0 Å². The first kappa shape index (κ1) is 17.5. The van der Waals surface area contributed by atoms with Crippen LogP contribution in [0.2, 0.25) is 0 Å². The molecule has 1 aromatic carbocycles. The summed E-state index contributed by atoms with van der Waals surface area (Å²) in [5.41, 5.74) is 8.76. The average molecular weight is 358 g/mol. The number of aromatic nitrogens is 3. The summed E-state index contributed by atoms with van der Waals surface area (Å²) < 4.78 is 29.9. The number of hydrazine groups is 1. The van der Waals surface area contributed by atoms with Gasteiger partial charge in [0.25, 0.3) is 5.89 Å². The SMILES string of the molecule is N/C(=C\N(N)Cc1ccc(-c2nnc(C(F)F)o2)cc1)c1ccncc1. The van der Waals surface area contributed by atoms with Crippen molar-refractivity contribution < 1.29 is 13.2 Å². The standard InChI is InChI=1S/C17H16F2N6O/c18-15(19)17-24-23-16(26-17)13-3-1-11(2-4-13)9-25(21)10-14(20)12-5-7-22-8-6-12/h1-8,10,15H,9,20-21H2/b14-10-. The van der Waals surface area contributed by atoms with Crippen LogP contribution in [0.3, 0.4) is 0 Å². The molecule has 0 saturated carbocycles. The number of halogens is 2. The molecule has 2 aromatic heterocycles. The number of hydrogen-bond acceptors (Lipinski definition) is 7. The van der Waals surface area contributed by atoms with Gasteiger partial charge in [-0.05, 0) is 29.8 Å². The molecule has 0 atom stereocenters. The van der Waals surface area contributed by atoms with Crippen LogP contribution in [0.1, 0.15) is 23.4 Å². The fraction of sp³-hybridized carbons (Fsp3) is 0.118. The molecule has 0 aliphatic heterocycles. The van der Waals surface area contributed by atoms with Crippen molar-refractivity contribution in [2.75, 3.05) is 0 Å². The summed E-state index contributed by atoms with van der Waals surface area (Å²) >= 11 is 0. The van der Waals surface area contributed by atoms with Gasteiger partial charge in [0.2, 0.25) is 5.89 Å². The van der Waals surface area contributed by atoms with Crippen molar-refractivity contribution in [3.63, 3.8) is 0 Å². The van der Waals surface area contributed by atoms with E-state index in [1.54, 1.807) is 55.0 Å². The zero-order valence-corrected chi connectivity index (χ0v) is 13.6. The second kappa shape index (κ2) is 7.70. The van der Waals surface area contributed by atoms with Crippen LogP contribution in [0.15, 0.2) is 59.4 Å². The Morgan fingerprint density at radius 3 is 2.42 bits per heavy atom. The second-order valence-electron chi connectivity index (χ2n) is 5.44. The molecule has 2 heterocycles. The zero-order chi connectivity index (χ0) is 18.5. The van der Waals surface area contributed by atoms with Crippen molar-refractivity contribution in [3.05, 3.63) is 72.0 Å². The second-order valence-corrected chi connectivity index (χ2v) is 5.44. The molecule has 3 aromatic rings. The molecule has 0 unspecified atom stereocenters. The fourth-order valence-electron chi connectivity index (χ4n) is 2.25. The Kier molecular flexibility index (Phi) is 5.18. The summed E-state index contributed by atoms with van der Waals surface area (Å²) in [5.74, 6) is 5.31. The largest absolute Gasteiger partial charge is 0.415 e. The molecule has 9 heteroatoms. The van der Waals surface area contributed by atoms with Crippen LogP contribution in [0.25, 0.3) is 17.2 Å². The van der Waals surface area contributed by atoms with Gasteiger partial charge in [-0.3, -0.25) is 4.98 Å². The zero-order valence-electron chi connectivity index (χ0n) is 13.6. The number of nitrogens with two attached hydrogens (primary N) is 2. The maximum Gasteiger partial charge on any atom is 0.314 e. The third-order valence-corrected chi connectivity index (χ3v) is 3.51. The Balaban J connectivity index is 1.67. The molecule has 4 N–H and O–H groups in total. The maximum absolute atomic E-state index is 12.5. The number of hydrogen-bond donors (Lipinski definition) is 2. The highest BCUT2D eigenvalue weighted by molar-refractivity contribution is 5.61. The van der Waals surface area contributed by atoms with Crippen molar-refractivity contribution in [3.8, 4) is 11.5 Å². The quantitative estimate of drug-likeness (QED) is 0.515. The number of benzene rings is 1. The van der Waals surface area contributed by atoms with Crippen molar-refractivity contribution in [2.24, 2.45) is 11.6 Å². The summed E-state index contributed by atoms with van der Waals surface area (Å²) in [6.45, 7) is 0.401. The van der Waals surface area contributed by atoms with Gasteiger partial charge in [0.1, 0.15) is 0 Å². The van der Waals surface area contributed by atoms with Gasteiger partial charge in [-0.25, -0.2) is 5.84 Å². The minimum absolute atomic E-state index is 0.0401. The van der Waals surface area contributed by atoms with Crippen LogP contribution >= 0.6 is 0 Å². The monoisotopic (exact) mass is 358 g/mol. The predicted molar refractivity (Wildman–Crippen MR) is 90.8 cm³/mol. The third kappa shape index (κ3) is 4.19. The van der Waals surface area contributed by atoms with E-state index in [9.17, 15) is 8.78 Å². The third-order valence-electron chi connectivity index (χ3n) is 3.51. The minimum atomic E-state index is -2.79. The molecule has 0 aliphatic carbocycles. The van der Waals surface area contributed by atoms with Crippen LogP contribution in [0.4, 0.5) is 8.78 Å². The summed E-state index contributed by atoms with van der Waals surface area (Å²) in [4.78, 5) is 3.93. The van der Waals surface area contributed by atoms with E-state index < -0.39 is 12.3 Å². The van der Waals surface area contributed by atoms with E-state index in [0.29, 0.717) is 17.8 Å². The molecular weight excluding hydrogens is 342 g/mol. The van der Waals surface area contributed by atoms with E-state index in [0.717, 1.165) is 11.1 Å². The highest BCUT2D eigenvalue weighted by Gasteiger charge is 2.16. The van der Waals surface area contributed by atoms with Crippen molar-refractivity contribution in [1.82, 2.24) is 20.2 Å². The van der Waals surface area contributed by atoms with Gasteiger partial charge in [0.05, 0.1) is 12.2 Å². The predicted octanol–water partition coefficient (Wildman–Crippen LogP) is 2.70. The Labute approximate surface area is 147 Å².